The van der Waals surface area contributed by atoms with Crippen molar-refractivity contribution in [1.29, 1.82) is 0 Å². The second-order valence-corrected chi connectivity index (χ2v) is 7.91. The van der Waals surface area contributed by atoms with Crippen LogP contribution in [0.1, 0.15) is 23.1 Å². The molecule has 3 rings (SSSR count). The molecule has 1 amide bonds. The van der Waals surface area contributed by atoms with E-state index in [-0.39, 0.29) is 18.9 Å². The summed E-state index contributed by atoms with van der Waals surface area (Å²) in [7, 11) is 0. The smallest absolute Gasteiger partial charge is 0.305 e. The van der Waals surface area contributed by atoms with Crippen molar-refractivity contribution in [3.63, 3.8) is 0 Å². The predicted molar refractivity (Wildman–Crippen MR) is 114 cm³/mol. The van der Waals surface area contributed by atoms with Gasteiger partial charge in [-0.25, -0.2) is 0 Å². The summed E-state index contributed by atoms with van der Waals surface area (Å²) in [4.78, 5) is 25.2. The Labute approximate surface area is 173 Å². The van der Waals surface area contributed by atoms with Crippen molar-refractivity contribution < 1.29 is 19.4 Å². The maximum atomic E-state index is 12.6. The number of thiocarbonyl (C=S) groups is 1. The molecule has 1 N–H and O–H groups in total. The van der Waals surface area contributed by atoms with Gasteiger partial charge in [0.2, 0.25) is 0 Å². The van der Waals surface area contributed by atoms with E-state index in [1.807, 2.05) is 55.5 Å². The van der Waals surface area contributed by atoms with E-state index in [1.165, 1.54) is 16.7 Å². The van der Waals surface area contributed by atoms with Crippen molar-refractivity contribution in [1.82, 2.24) is 4.90 Å². The van der Waals surface area contributed by atoms with E-state index in [0.717, 1.165) is 16.7 Å². The van der Waals surface area contributed by atoms with Crippen LogP contribution in [-0.4, -0.2) is 32.7 Å². The van der Waals surface area contributed by atoms with Crippen LogP contribution < -0.4 is 4.74 Å². The fraction of sp³-hybridized carbons (Fsp3) is 0.190. The lowest BCUT2D eigenvalue weighted by atomic mass is 10.1. The first kappa shape index (κ1) is 20.1. The van der Waals surface area contributed by atoms with Gasteiger partial charge in [0.05, 0.1) is 11.3 Å². The maximum absolute atomic E-state index is 12.6. The number of hydrogen-bond acceptors (Lipinski definition) is 5. The minimum absolute atomic E-state index is 0.0722. The van der Waals surface area contributed by atoms with Crippen molar-refractivity contribution >= 4 is 46.3 Å². The van der Waals surface area contributed by atoms with Crippen LogP contribution in [0.2, 0.25) is 0 Å². The van der Waals surface area contributed by atoms with Gasteiger partial charge in [-0.15, -0.1) is 0 Å². The summed E-state index contributed by atoms with van der Waals surface area (Å²) < 4.78 is 6.36. The summed E-state index contributed by atoms with van der Waals surface area (Å²) in [5.74, 6) is -0.570. The highest BCUT2D eigenvalue weighted by Crippen LogP contribution is 2.34. The molecule has 0 saturated carbocycles. The molecule has 144 valence electrons. The number of carbonyl (C=O) groups excluding carboxylic acids is 1. The molecule has 0 spiro atoms. The van der Waals surface area contributed by atoms with Crippen LogP contribution in [-0.2, 0) is 16.2 Å². The number of thioether (sulfide) groups is 1. The lowest BCUT2D eigenvalue weighted by molar-refractivity contribution is -0.137. The van der Waals surface area contributed by atoms with Gasteiger partial charge >= 0.3 is 5.97 Å². The van der Waals surface area contributed by atoms with Crippen molar-refractivity contribution in [2.75, 3.05) is 6.54 Å². The third kappa shape index (κ3) is 4.79. The van der Waals surface area contributed by atoms with Crippen LogP contribution in [0.5, 0.6) is 5.75 Å². The molecular formula is C21H19NO4S2. The summed E-state index contributed by atoms with van der Waals surface area (Å²) in [5, 5.41) is 8.84. The number of carbonyl (C=O) groups is 2. The van der Waals surface area contributed by atoms with E-state index in [1.54, 1.807) is 6.08 Å². The second kappa shape index (κ2) is 9.03. The predicted octanol–water partition coefficient (Wildman–Crippen LogP) is 4.25. The molecule has 0 aliphatic carbocycles. The summed E-state index contributed by atoms with van der Waals surface area (Å²) in [5.41, 5.74) is 3.02. The van der Waals surface area contributed by atoms with Gasteiger partial charge in [-0.1, -0.05) is 66.4 Å². The van der Waals surface area contributed by atoms with Crippen LogP contribution in [0, 0.1) is 6.92 Å². The number of amides is 1. The number of para-hydroxylation sites is 1. The Morgan fingerprint density at radius 2 is 1.93 bits per heavy atom. The Balaban J connectivity index is 1.77. The van der Waals surface area contributed by atoms with Crippen LogP contribution >= 0.6 is 24.0 Å². The molecule has 0 bridgehead atoms. The molecule has 1 heterocycles. The Bertz CT molecular complexity index is 955. The zero-order valence-corrected chi connectivity index (χ0v) is 16.9. The molecule has 28 heavy (non-hydrogen) atoms. The fourth-order valence-corrected chi connectivity index (χ4v) is 4.00. The molecule has 0 atom stereocenters. The second-order valence-electron chi connectivity index (χ2n) is 6.23. The van der Waals surface area contributed by atoms with E-state index >= 15 is 0 Å². The molecule has 1 fully saturated rings. The molecule has 1 aliphatic heterocycles. The van der Waals surface area contributed by atoms with Crippen molar-refractivity contribution in [2.24, 2.45) is 0 Å². The van der Waals surface area contributed by atoms with E-state index in [0.29, 0.717) is 21.6 Å². The quantitative estimate of drug-likeness (QED) is 0.541. The zero-order valence-electron chi connectivity index (χ0n) is 15.3. The Kier molecular flexibility index (Phi) is 6.49. The van der Waals surface area contributed by atoms with Gasteiger partial charge in [0.1, 0.15) is 16.7 Å². The number of aryl methyl sites for hydroxylation is 1. The average molecular weight is 414 g/mol. The molecule has 7 heteroatoms. The first-order valence-electron chi connectivity index (χ1n) is 8.69. The van der Waals surface area contributed by atoms with E-state index < -0.39 is 5.97 Å². The minimum Gasteiger partial charge on any atom is -0.488 e. The highest BCUT2D eigenvalue weighted by Gasteiger charge is 2.32. The molecule has 2 aromatic carbocycles. The highest BCUT2D eigenvalue weighted by molar-refractivity contribution is 8.26. The summed E-state index contributed by atoms with van der Waals surface area (Å²) >= 11 is 6.40. The van der Waals surface area contributed by atoms with Crippen molar-refractivity contribution in [2.45, 2.75) is 20.0 Å². The summed E-state index contributed by atoms with van der Waals surface area (Å²) in [6.45, 7) is 2.53. The molecular weight excluding hydrogens is 394 g/mol. The van der Waals surface area contributed by atoms with Gasteiger partial charge in [0.25, 0.3) is 5.91 Å². The number of nitrogens with zero attached hydrogens (tertiary/aromatic N) is 1. The largest absolute Gasteiger partial charge is 0.488 e. The molecule has 1 saturated heterocycles. The Hall–Kier alpha value is -2.64. The average Bonchev–Trinajstić information content (AvgIpc) is 2.93. The highest BCUT2D eigenvalue weighted by atomic mass is 32.2. The molecule has 5 nitrogen and oxygen atoms in total. The number of hydrogen-bond donors (Lipinski definition) is 1. The van der Waals surface area contributed by atoms with Crippen molar-refractivity contribution in [3.8, 4) is 5.75 Å². The number of carboxylic acid groups (broad SMARTS) is 1. The molecule has 0 aromatic heterocycles. The summed E-state index contributed by atoms with van der Waals surface area (Å²) in [6.07, 6.45) is 1.60. The van der Waals surface area contributed by atoms with Gasteiger partial charge in [-0.2, -0.15) is 0 Å². The number of aliphatic carboxylic acids is 1. The third-order valence-corrected chi connectivity index (χ3v) is 5.65. The Morgan fingerprint density at radius 3 is 2.68 bits per heavy atom. The van der Waals surface area contributed by atoms with Gasteiger partial charge in [0.15, 0.2) is 0 Å². The van der Waals surface area contributed by atoms with E-state index in [2.05, 4.69) is 0 Å². The van der Waals surface area contributed by atoms with Crippen LogP contribution in [0.3, 0.4) is 0 Å². The number of benzene rings is 2. The molecule has 2 aromatic rings. The number of carboxylic acids is 1. The van der Waals surface area contributed by atoms with Gasteiger partial charge < -0.3 is 9.84 Å². The minimum atomic E-state index is -0.965. The SMILES string of the molecule is Cc1ccccc1COc1ccccc1/C=C1/SC(=S)N(CCC(=O)O)C1=O. The first-order valence-corrected chi connectivity index (χ1v) is 9.91. The van der Waals surface area contributed by atoms with Gasteiger partial charge in [0, 0.05) is 12.1 Å². The Morgan fingerprint density at radius 1 is 1.21 bits per heavy atom. The zero-order chi connectivity index (χ0) is 20.1. The number of rotatable bonds is 7. The maximum Gasteiger partial charge on any atom is 0.305 e. The monoisotopic (exact) mass is 413 g/mol. The van der Waals surface area contributed by atoms with Crippen LogP contribution in [0.15, 0.2) is 53.4 Å². The van der Waals surface area contributed by atoms with Crippen molar-refractivity contribution in [3.05, 3.63) is 70.1 Å². The lowest BCUT2D eigenvalue weighted by Crippen LogP contribution is -2.30. The standard InChI is InChI=1S/C21H19NO4S2/c1-14-6-2-3-8-16(14)13-26-17-9-5-4-7-15(17)12-18-20(25)22(21(27)28-18)11-10-19(23)24/h2-9,12H,10-11,13H2,1H3,(H,23,24)/b18-12+. The fourth-order valence-electron chi connectivity index (χ4n) is 2.70. The first-order chi connectivity index (χ1) is 13.5. The molecule has 0 unspecified atom stereocenters. The molecule has 0 radical (unpaired) electrons. The number of ether oxygens (including phenoxy) is 1. The van der Waals surface area contributed by atoms with E-state index in [9.17, 15) is 9.59 Å². The van der Waals surface area contributed by atoms with E-state index in [4.69, 9.17) is 22.1 Å². The van der Waals surface area contributed by atoms with Gasteiger partial charge in [-0.3, -0.25) is 14.5 Å². The summed E-state index contributed by atoms with van der Waals surface area (Å²) in [6, 6.07) is 15.5. The lowest BCUT2D eigenvalue weighted by Gasteiger charge is -2.12. The van der Waals surface area contributed by atoms with Crippen LogP contribution in [0.25, 0.3) is 6.08 Å². The third-order valence-electron chi connectivity index (χ3n) is 4.27. The molecule has 1 aliphatic rings. The topological polar surface area (TPSA) is 66.8 Å². The van der Waals surface area contributed by atoms with Gasteiger partial charge in [-0.05, 0) is 30.2 Å². The van der Waals surface area contributed by atoms with Crippen LogP contribution in [0.4, 0.5) is 0 Å². The normalized spacial score (nSPS) is 15.3.